The van der Waals surface area contributed by atoms with Gasteiger partial charge in [-0.05, 0) is 24.5 Å². The van der Waals surface area contributed by atoms with Crippen LogP contribution < -0.4 is 5.56 Å². The number of aromatic nitrogens is 5. The molecule has 2 aliphatic rings. The first kappa shape index (κ1) is 18.6. The number of fused-ring (bicyclic) bond motifs is 4. The van der Waals surface area contributed by atoms with E-state index in [0.29, 0.717) is 31.0 Å². The number of pyridine rings is 1. The third-order valence-corrected chi connectivity index (χ3v) is 5.75. The number of hydrogen-bond donors (Lipinski definition) is 2. The summed E-state index contributed by atoms with van der Waals surface area (Å²) in [7, 11) is 0. The Kier molecular flexibility index (Phi) is 4.09. The first-order valence-electron chi connectivity index (χ1n) is 9.46. The predicted octanol–water partition coefficient (Wildman–Crippen LogP) is 2.24. The van der Waals surface area contributed by atoms with Crippen LogP contribution in [0.2, 0.25) is 0 Å². The Bertz CT molecular complexity index is 1160. The number of aromatic amines is 2. The van der Waals surface area contributed by atoms with Gasteiger partial charge in [0.05, 0.1) is 5.56 Å². The molecule has 0 radical (unpaired) electrons. The Hall–Kier alpha value is -3.37. The summed E-state index contributed by atoms with van der Waals surface area (Å²) in [6.07, 6.45) is -0.542. The van der Waals surface area contributed by atoms with Crippen LogP contribution in [0.15, 0.2) is 35.4 Å². The molecule has 8 nitrogen and oxygen atoms in total. The molecule has 5 heterocycles. The molecular formula is C19H17F3N6O2. The number of imidazole rings is 1. The van der Waals surface area contributed by atoms with Crippen molar-refractivity contribution in [3.8, 4) is 11.4 Å². The van der Waals surface area contributed by atoms with Crippen molar-refractivity contribution in [1.29, 1.82) is 0 Å². The van der Waals surface area contributed by atoms with Gasteiger partial charge in [0.25, 0.3) is 11.5 Å². The topological polar surface area (TPSA) is 99.7 Å². The van der Waals surface area contributed by atoms with E-state index in [1.165, 1.54) is 4.90 Å². The fourth-order valence-electron chi connectivity index (χ4n) is 4.44. The Labute approximate surface area is 167 Å². The molecule has 2 atom stereocenters. The number of nitrogens with one attached hydrogen (secondary N) is 2. The average Bonchev–Trinajstić information content (AvgIpc) is 3.40. The zero-order valence-corrected chi connectivity index (χ0v) is 15.6. The number of nitrogens with zero attached hydrogens (tertiary/aromatic N) is 4. The molecule has 2 aliphatic heterocycles. The van der Waals surface area contributed by atoms with Crippen LogP contribution in [0, 0.1) is 5.92 Å². The number of carbonyl (C=O) groups is 1. The lowest BCUT2D eigenvalue weighted by atomic mass is 9.83. The summed E-state index contributed by atoms with van der Waals surface area (Å²) in [5.74, 6) is -0.0760. The molecule has 2 N–H and O–H groups in total. The molecular weight excluding hydrogens is 401 g/mol. The average molecular weight is 418 g/mol. The van der Waals surface area contributed by atoms with Crippen molar-refractivity contribution in [3.63, 3.8) is 0 Å². The van der Waals surface area contributed by atoms with E-state index in [1.54, 1.807) is 23.0 Å². The van der Waals surface area contributed by atoms with Gasteiger partial charge in [-0.2, -0.15) is 18.3 Å². The number of likely N-dealkylation sites (tertiary alicyclic amines) is 1. The molecule has 30 heavy (non-hydrogen) atoms. The van der Waals surface area contributed by atoms with E-state index in [2.05, 4.69) is 15.1 Å². The maximum absolute atomic E-state index is 13.0. The van der Waals surface area contributed by atoms with Gasteiger partial charge in [-0.1, -0.05) is 0 Å². The van der Waals surface area contributed by atoms with Crippen LogP contribution in [-0.2, 0) is 12.7 Å². The van der Waals surface area contributed by atoms with Crippen LogP contribution in [0.4, 0.5) is 13.2 Å². The lowest BCUT2D eigenvalue weighted by Gasteiger charge is -2.42. The lowest BCUT2D eigenvalue weighted by molar-refractivity contribution is -0.141. The zero-order valence-electron chi connectivity index (χ0n) is 15.6. The van der Waals surface area contributed by atoms with Crippen LogP contribution in [-0.4, -0.2) is 48.6 Å². The van der Waals surface area contributed by atoms with Crippen LogP contribution >= 0.6 is 0 Å². The molecule has 0 aliphatic carbocycles. The standard InChI is InChI=1S/C19H17F3N6O2/c20-19(21,22)15-6-13(25-26-15)18(30)27-7-10-5-11(9-27)14-2-1-12(16-23-3-4-24-16)17(29)28(14)8-10/h1-4,6,10-11H,5,7-9H2,(H,23,24)(H,25,26)/t10-,11+/m0/s1. The molecule has 156 valence electrons. The van der Waals surface area contributed by atoms with Crippen LogP contribution in [0.3, 0.4) is 0 Å². The normalized spacial score (nSPS) is 20.8. The van der Waals surface area contributed by atoms with E-state index in [4.69, 9.17) is 0 Å². The molecule has 0 aromatic carbocycles. The molecule has 0 spiro atoms. The number of rotatable bonds is 2. The lowest BCUT2D eigenvalue weighted by Crippen LogP contribution is -2.49. The molecule has 3 aromatic heterocycles. The Morgan fingerprint density at radius 3 is 2.73 bits per heavy atom. The summed E-state index contributed by atoms with van der Waals surface area (Å²) in [5, 5.41) is 5.43. The summed E-state index contributed by atoms with van der Waals surface area (Å²) >= 11 is 0. The fraction of sp³-hybridized carbons (Fsp3) is 0.368. The van der Waals surface area contributed by atoms with Gasteiger partial charge >= 0.3 is 6.18 Å². The third-order valence-electron chi connectivity index (χ3n) is 5.75. The number of amides is 1. The predicted molar refractivity (Wildman–Crippen MR) is 98.6 cm³/mol. The fourth-order valence-corrected chi connectivity index (χ4v) is 4.44. The molecule has 5 rings (SSSR count). The van der Waals surface area contributed by atoms with Gasteiger partial charge in [0.1, 0.15) is 11.5 Å². The van der Waals surface area contributed by atoms with Gasteiger partial charge in [-0.3, -0.25) is 14.7 Å². The monoisotopic (exact) mass is 418 g/mol. The van der Waals surface area contributed by atoms with E-state index < -0.39 is 17.8 Å². The first-order chi connectivity index (χ1) is 14.3. The highest BCUT2D eigenvalue weighted by molar-refractivity contribution is 5.92. The van der Waals surface area contributed by atoms with Crippen molar-refractivity contribution in [2.45, 2.75) is 25.1 Å². The molecule has 0 unspecified atom stereocenters. The summed E-state index contributed by atoms with van der Waals surface area (Å²) in [6, 6.07) is 4.32. The number of hydrogen-bond acceptors (Lipinski definition) is 4. The summed E-state index contributed by atoms with van der Waals surface area (Å²) in [5.41, 5.74) is -0.146. The van der Waals surface area contributed by atoms with Gasteiger partial charge in [-0.25, -0.2) is 4.98 Å². The number of carbonyl (C=O) groups excluding carboxylic acids is 1. The third kappa shape index (κ3) is 3.01. The summed E-state index contributed by atoms with van der Waals surface area (Å²) in [6.45, 7) is 1.13. The van der Waals surface area contributed by atoms with Crippen molar-refractivity contribution in [3.05, 3.63) is 58.0 Å². The molecule has 1 amide bonds. The second-order valence-electron chi connectivity index (χ2n) is 7.70. The van der Waals surface area contributed by atoms with Gasteiger partial charge in [0, 0.05) is 49.7 Å². The highest BCUT2D eigenvalue weighted by Gasteiger charge is 2.39. The minimum absolute atomic E-state index is 0.0331. The van der Waals surface area contributed by atoms with E-state index in [9.17, 15) is 22.8 Å². The number of alkyl halides is 3. The van der Waals surface area contributed by atoms with E-state index >= 15 is 0 Å². The summed E-state index contributed by atoms with van der Waals surface area (Å²) in [4.78, 5) is 34.3. The largest absolute Gasteiger partial charge is 0.432 e. The number of H-pyrrole nitrogens is 2. The maximum atomic E-state index is 13.0. The quantitative estimate of drug-likeness (QED) is 0.667. The molecule has 11 heteroatoms. The minimum Gasteiger partial charge on any atom is -0.344 e. The Balaban J connectivity index is 1.42. The van der Waals surface area contributed by atoms with E-state index in [1.807, 2.05) is 11.2 Å². The molecule has 1 saturated heterocycles. The van der Waals surface area contributed by atoms with Crippen molar-refractivity contribution >= 4 is 5.91 Å². The zero-order chi connectivity index (χ0) is 21.0. The maximum Gasteiger partial charge on any atom is 0.432 e. The smallest absolute Gasteiger partial charge is 0.344 e. The van der Waals surface area contributed by atoms with Gasteiger partial charge < -0.3 is 14.5 Å². The minimum atomic E-state index is -4.59. The second-order valence-corrected chi connectivity index (χ2v) is 7.70. The highest BCUT2D eigenvalue weighted by Crippen LogP contribution is 2.36. The second kappa shape index (κ2) is 6.57. The Morgan fingerprint density at radius 2 is 2.03 bits per heavy atom. The van der Waals surface area contributed by atoms with Gasteiger partial charge in [0.15, 0.2) is 5.69 Å². The van der Waals surface area contributed by atoms with Crippen molar-refractivity contribution in [1.82, 2.24) is 29.6 Å². The molecule has 2 bridgehead atoms. The first-order valence-corrected chi connectivity index (χ1v) is 9.46. The van der Waals surface area contributed by atoms with Gasteiger partial charge in [0.2, 0.25) is 0 Å². The SMILES string of the molecule is O=C(c1cc(C(F)(F)F)[nH]n1)N1C[C@@H]2C[C@H](C1)c1ccc(-c3ncc[nH]3)c(=O)n1C2. The van der Waals surface area contributed by atoms with E-state index in [-0.39, 0.29) is 23.1 Å². The van der Waals surface area contributed by atoms with Crippen molar-refractivity contribution < 1.29 is 18.0 Å². The molecule has 3 aromatic rings. The number of halogens is 3. The molecule has 0 saturated carbocycles. The van der Waals surface area contributed by atoms with Crippen LogP contribution in [0.1, 0.15) is 34.2 Å². The highest BCUT2D eigenvalue weighted by atomic mass is 19.4. The van der Waals surface area contributed by atoms with Crippen molar-refractivity contribution in [2.24, 2.45) is 5.92 Å². The van der Waals surface area contributed by atoms with Crippen LogP contribution in [0.5, 0.6) is 0 Å². The van der Waals surface area contributed by atoms with E-state index in [0.717, 1.165) is 18.2 Å². The molecule has 1 fully saturated rings. The van der Waals surface area contributed by atoms with Gasteiger partial charge in [-0.15, -0.1) is 0 Å². The summed E-state index contributed by atoms with van der Waals surface area (Å²) < 4.78 is 40.1. The van der Waals surface area contributed by atoms with Crippen molar-refractivity contribution in [2.75, 3.05) is 13.1 Å². The van der Waals surface area contributed by atoms with Crippen LogP contribution in [0.25, 0.3) is 11.4 Å². The Morgan fingerprint density at radius 1 is 1.20 bits per heavy atom. The number of piperidine rings is 1.